The van der Waals surface area contributed by atoms with Gasteiger partial charge in [0.15, 0.2) is 0 Å². The van der Waals surface area contributed by atoms with Crippen LogP contribution in [0.25, 0.3) is 16.6 Å². The molecule has 4 aromatic rings. The van der Waals surface area contributed by atoms with E-state index >= 15 is 0 Å². The van der Waals surface area contributed by atoms with Gasteiger partial charge in [0, 0.05) is 12.5 Å². The largest absolute Gasteiger partial charge is 0.497 e. The van der Waals surface area contributed by atoms with Crippen molar-refractivity contribution in [2.45, 2.75) is 13.3 Å². The van der Waals surface area contributed by atoms with Crippen LogP contribution in [0.1, 0.15) is 18.3 Å². The highest BCUT2D eigenvalue weighted by Gasteiger charge is 2.14. The molecule has 4 rings (SSSR count). The normalized spacial score (nSPS) is 10.2. The van der Waals surface area contributed by atoms with Crippen LogP contribution in [0.2, 0.25) is 5.02 Å². The van der Waals surface area contributed by atoms with Crippen molar-refractivity contribution < 1.29 is 4.74 Å². The van der Waals surface area contributed by atoms with E-state index in [0.717, 1.165) is 5.69 Å². The zero-order valence-electron chi connectivity index (χ0n) is 17.4. The van der Waals surface area contributed by atoms with Gasteiger partial charge in [-0.25, -0.2) is 9.97 Å². The number of anilines is 2. The van der Waals surface area contributed by atoms with Crippen molar-refractivity contribution in [2.24, 2.45) is 0 Å². The SMILES string of the molecule is CCc1nc2cccc(Cl)c2c(=O)n1-c1cccc(OC)c1.N#Cc1cnc(N)nc1N. The lowest BCUT2D eigenvalue weighted by molar-refractivity contribution is 0.414. The summed E-state index contributed by atoms with van der Waals surface area (Å²) in [5.74, 6) is 1.57. The number of halogens is 1. The minimum absolute atomic E-state index is 0.0801. The van der Waals surface area contributed by atoms with Gasteiger partial charge >= 0.3 is 0 Å². The zero-order valence-corrected chi connectivity index (χ0v) is 18.2. The van der Waals surface area contributed by atoms with Crippen molar-refractivity contribution in [3.8, 4) is 17.5 Å². The predicted octanol–water partition coefficient (Wildman–Crippen LogP) is 3.12. The molecule has 4 N–H and O–H groups in total. The molecule has 10 heteroatoms. The fourth-order valence-corrected chi connectivity index (χ4v) is 3.23. The van der Waals surface area contributed by atoms with E-state index in [9.17, 15) is 4.79 Å². The van der Waals surface area contributed by atoms with Crippen molar-refractivity contribution in [1.82, 2.24) is 19.5 Å². The molecule has 0 saturated carbocycles. The monoisotopic (exact) mass is 449 g/mol. The molecule has 0 unspecified atom stereocenters. The lowest BCUT2D eigenvalue weighted by Crippen LogP contribution is -2.23. The molecule has 0 aliphatic rings. The summed E-state index contributed by atoms with van der Waals surface area (Å²) >= 11 is 6.20. The number of fused-ring (bicyclic) bond motifs is 1. The lowest BCUT2D eigenvalue weighted by atomic mass is 10.2. The molecular formula is C22H20ClN7O2. The van der Waals surface area contributed by atoms with Crippen molar-refractivity contribution in [2.75, 3.05) is 18.6 Å². The first-order valence-electron chi connectivity index (χ1n) is 9.52. The Morgan fingerprint density at radius 3 is 2.59 bits per heavy atom. The number of ether oxygens (including phenoxy) is 1. The topological polar surface area (TPSA) is 146 Å². The Balaban J connectivity index is 0.000000243. The van der Waals surface area contributed by atoms with E-state index in [-0.39, 0.29) is 22.9 Å². The van der Waals surface area contributed by atoms with E-state index < -0.39 is 0 Å². The summed E-state index contributed by atoms with van der Waals surface area (Å²) in [6, 6.07) is 14.5. The molecule has 0 bridgehead atoms. The number of nitriles is 1. The Labute approximate surface area is 188 Å². The minimum atomic E-state index is -0.166. The maximum atomic E-state index is 12.9. The molecule has 32 heavy (non-hydrogen) atoms. The molecule has 0 fully saturated rings. The van der Waals surface area contributed by atoms with Crippen molar-refractivity contribution >= 4 is 34.3 Å². The molecule has 0 aliphatic carbocycles. The van der Waals surface area contributed by atoms with Crippen LogP contribution in [-0.2, 0) is 6.42 Å². The molecule has 0 atom stereocenters. The Morgan fingerprint density at radius 1 is 1.19 bits per heavy atom. The highest BCUT2D eigenvalue weighted by Crippen LogP contribution is 2.22. The second-order valence-corrected chi connectivity index (χ2v) is 6.90. The number of hydrogen-bond donors (Lipinski definition) is 2. The van der Waals surface area contributed by atoms with Crippen LogP contribution in [0.5, 0.6) is 5.75 Å². The van der Waals surface area contributed by atoms with Gasteiger partial charge in [0.25, 0.3) is 5.56 Å². The maximum absolute atomic E-state index is 12.9. The maximum Gasteiger partial charge on any atom is 0.267 e. The van der Waals surface area contributed by atoms with Gasteiger partial charge in [0.2, 0.25) is 5.95 Å². The van der Waals surface area contributed by atoms with Gasteiger partial charge in [-0.15, -0.1) is 0 Å². The molecule has 0 aliphatic heterocycles. The number of hydrogen-bond acceptors (Lipinski definition) is 8. The van der Waals surface area contributed by atoms with Crippen LogP contribution < -0.4 is 21.8 Å². The van der Waals surface area contributed by atoms with Crippen molar-refractivity contribution in [3.63, 3.8) is 0 Å². The summed E-state index contributed by atoms with van der Waals surface area (Å²) in [5.41, 5.74) is 11.9. The average Bonchev–Trinajstić information content (AvgIpc) is 2.79. The number of methoxy groups -OCH3 is 1. The Hall–Kier alpha value is -4.16. The summed E-state index contributed by atoms with van der Waals surface area (Å²) < 4.78 is 6.83. The van der Waals surface area contributed by atoms with Gasteiger partial charge < -0.3 is 16.2 Å². The standard InChI is InChI=1S/C17H15ClN2O2.C5H5N5/c1-3-15-19-14-9-5-8-13(18)16(14)17(21)20(15)11-6-4-7-12(10-11)22-2;6-1-3-2-9-5(8)10-4(3)7/h4-10H,3H2,1-2H3;2H,(H4,7,8,9,10). The van der Waals surface area contributed by atoms with Gasteiger partial charge in [-0.2, -0.15) is 10.2 Å². The summed E-state index contributed by atoms with van der Waals surface area (Å²) in [7, 11) is 1.60. The number of benzene rings is 2. The van der Waals surface area contributed by atoms with Crippen molar-refractivity contribution in [3.05, 3.63) is 75.4 Å². The quantitative estimate of drug-likeness (QED) is 0.485. The summed E-state index contributed by atoms with van der Waals surface area (Å²) in [4.78, 5) is 24.7. The third-order valence-electron chi connectivity index (χ3n) is 4.50. The van der Waals surface area contributed by atoms with Crippen molar-refractivity contribution in [1.29, 1.82) is 5.26 Å². The van der Waals surface area contributed by atoms with Gasteiger partial charge in [0.1, 0.15) is 29.0 Å². The molecule has 0 spiro atoms. The Kier molecular flexibility index (Phi) is 6.87. The number of rotatable bonds is 3. The Morgan fingerprint density at radius 2 is 1.94 bits per heavy atom. The smallest absolute Gasteiger partial charge is 0.267 e. The predicted molar refractivity (Wildman–Crippen MR) is 124 cm³/mol. The lowest BCUT2D eigenvalue weighted by Gasteiger charge is -2.13. The molecule has 0 radical (unpaired) electrons. The van der Waals surface area contributed by atoms with Crippen LogP contribution in [-0.4, -0.2) is 26.6 Å². The first-order chi connectivity index (χ1) is 15.4. The van der Waals surface area contributed by atoms with Crippen LogP contribution in [0.3, 0.4) is 0 Å². The number of aryl methyl sites for hydroxylation is 1. The van der Waals surface area contributed by atoms with Crippen LogP contribution in [0.4, 0.5) is 11.8 Å². The van der Waals surface area contributed by atoms with Gasteiger partial charge in [-0.1, -0.05) is 30.7 Å². The fourth-order valence-electron chi connectivity index (χ4n) is 2.98. The third-order valence-corrected chi connectivity index (χ3v) is 4.82. The highest BCUT2D eigenvalue weighted by molar-refractivity contribution is 6.35. The highest BCUT2D eigenvalue weighted by atomic mass is 35.5. The number of aromatic nitrogens is 4. The average molecular weight is 450 g/mol. The first-order valence-corrected chi connectivity index (χ1v) is 9.90. The van der Waals surface area contributed by atoms with E-state index in [1.54, 1.807) is 29.9 Å². The van der Waals surface area contributed by atoms with E-state index in [0.29, 0.717) is 33.9 Å². The molecule has 162 valence electrons. The summed E-state index contributed by atoms with van der Waals surface area (Å²) in [6.07, 6.45) is 1.92. The summed E-state index contributed by atoms with van der Waals surface area (Å²) in [6.45, 7) is 1.97. The minimum Gasteiger partial charge on any atom is -0.497 e. The molecule has 2 heterocycles. The molecule has 2 aromatic carbocycles. The van der Waals surface area contributed by atoms with Gasteiger partial charge in [-0.05, 0) is 24.3 Å². The number of nitrogen functional groups attached to an aromatic ring is 2. The molecular weight excluding hydrogens is 430 g/mol. The molecule has 0 amide bonds. The first kappa shape index (κ1) is 22.5. The number of nitrogens with two attached hydrogens (primary N) is 2. The van der Waals surface area contributed by atoms with Gasteiger partial charge in [-0.3, -0.25) is 9.36 Å². The van der Waals surface area contributed by atoms with Crippen LogP contribution in [0.15, 0.2) is 53.5 Å². The molecule has 9 nitrogen and oxygen atoms in total. The van der Waals surface area contributed by atoms with E-state index in [1.165, 1.54) is 6.20 Å². The zero-order chi connectivity index (χ0) is 23.3. The summed E-state index contributed by atoms with van der Waals surface area (Å²) in [5, 5.41) is 9.20. The van der Waals surface area contributed by atoms with E-state index in [1.807, 2.05) is 37.3 Å². The molecule has 0 saturated heterocycles. The Bertz CT molecular complexity index is 1380. The van der Waals surface area contributed by atoms with Gasteiger partial charge in [0.05, 0.1) is 34.9 Å². The third kappa shape index (κ3) is 4.61. The van der Waals surface area contributed by atoms with E-state index in [4.69, 9.17) is 33.1 Å². The van der Waals surface area contributed by atoms with Crippen LogP contribution in [0, 0.1) is 11.3 Å². The van der Waals surface area contributed by atoms with Crippen LogP contribution >= 0.6 is 11.6 Å². The number of nitrogens with zero attached hydrogens (tertiary/aromatic N) is 5. The second kappa shape index (κ2) is 9.76. The molecule has 2 aromatic heterocycles. The fraction of sp³-hybridized carbons (Fsp3) is 0.136. The van der Waals surface area contributed by atoms with E-state index in [2.05, 4.69) is 15.0 Å². The second-order valence-electron chi connectivity index (χ2n) is 6.50.